The summed E-state index contributed by atoms with van der Waals surface area (Å²) in [6.07, 6.45) is 1.01. The van der Waals surface area contributed by atoms with Crippen molar-refractivity contribution < 1.29 is 13.3 Å². The molecular formula is C21H41NO3Si2. The van der Waals surface area contributed by atoms with E-state index in [-0.39, 0.29) is 5.04 Å². The van der Waals surface area contributed by atoms with Crippen molar-refractivity contribution >= 4 is 22.7 Å². The zero-order chi connectivity index (χ0) is 20.6. The van der Waals surface area contributed by atoms with Crippen LogP contribution < -0.4 is 4.57 Å². The second-order valence-corrected chi connectivity index (χ2v) is 16.3. The van der Waals surface area contributed by atoms with Crippen LogP contribution in [-0.2, 0) is 13.3 Å². The SMILES string of the molecule is CCO[Si](CCCN(c1ccccc1)[Si](C)(C)C(C)(C)C)(OCC)OCC. The predicted octanol–water partition coefficient (Wildman–Crippen LogP) is 5.94. The Hall–Kier alpha value is -0.666. The van der Waals surface area contributed by atoms with Crippen LogP contribution >= 0.6 is 0 Å². The van der Waals surface area contributed by atoms with E-state index >= 15 is 0 Å². The molecule has 1 aromatic carbocycles. The molecule has 156 valence electrons. The molecule has 0 radical (unpaired) electrons. The van der Waals surface area contributed by atoms with Crippen molar-refractivity contribution in [2.75, 3.05) is 30.9 Å². The summed E-state index contributed by atoms with van der Waals surface area (Å²) in [7, 11) is -4.28. The van der Waals surface area contributed by atoms with Gasteiger partial charge in [-0.3, -0.25) is 0 Å². The molecule has 6 heteroatoms. The Morgan fingerprint density at radius 1 is 0.852 bits per heavy atom. The van der Waals surface area contributed by atoms with E-state index in [0.29, 0.717) is 19.8 Å². The van der Waals surface area contributed by atoms with Crippen molar-refractivity contribution in [3.8, 4) is 0 Å². The van der Waals surface area contributed by atoms with Crippen molar-refractivity contribution in [2.24, 2.45) is 0 Å². The first-order valence-electron chi connectivity index (χ1n) is 10.4. The molecule has 27 heavy (non-hydrogen) atoms. The van der Waals surface area contributed by atoms with Gasteiger partial charge in [-0.25, -0.2) is 0 Å². The van der Waals surface area contributed by atoms with Gasteiger partial charge >= 0.3 is 8.80 Å². The maximum absolute atomic E-state index is 6.04. The number of benzene rings is 1. The van der Waals surface area contributed by atoms with Gasteiger partial charge < -0.3 is 17.8 Å². The Labute approximate surface area is 169 Å². The molecule has 1 aromatic rings. The molecule has 0 amide bonds. The lowest BCUT2D eigenvalue weighted by Gasteiger charge is -2.47. The molecule has 0 heterocycles. The number of nitrogens with zero attached hydrogens (tertiary/aromatic N) is 1. The Bertz CT molecular complexity index is 515. The molecule has 0 spiro atoms. The van der Waals surface area contributed by atoms with Crippen molar-refractivity contribution in [3.63, 3.8) is 0 Å². The van der Waals surface area contributed by atoms with Gasteiger partial charge in [0.15, 0.2) is 8.24 Å². The number of hydrogen-bond acceptors (Lipinski definition) is 4. The zero-order valence-electron chi connectivity index (χ0n) is 18.8. The summed E-state index contributed by atoms with van der Waals surface area (Å²) in [6, 6.07) is 11.7. The van der Waals surface area contributed by atoms with Crippen LogP contribution in [-0.4, -0.2) is 43.4 Å². The molecule has 0 saturated carbocycles. The topological polar surface area (TPSA) is 30.9 Å². The standard InChI is InChI=1S/C21H41NO3Si2/c1-9-23-27(24-10-2,25-11-3)19-15-18-22(20-16-13-12-14-17-20)26(7,8)21(4,5)6/h12-14,16-17H,9-11,15,18-19H2,1-8H3. The van der Waals surface area contributed by atoms with Crippen molar-refractivity contribution in [1.29, 1.82) is 0 Å². The van der Waals surface area contributed by atoms with Gasteiger partial charge in [0.05, 0.1) is 0 Å². The fourth-order valence-electron chi connectivity index (χ4n) is 3.20. The van der Waals surface area contributed by atoms with E-state index in [9.17, 15) is 0 Å². The molecule has 0 aromatic heterocycles. The van der Waals surface area contributed by atoms with Gasteiger partial charge in [0.25, 0.3) is 0 Å². The molecule has 0 saturated heterocycles. The van der Waals surface area contributed by atoms with Crippen molar-refractivity contribution in [3.05, 3.63) is 30.3 Å². The largest absolute Gasteiger partial charge is 0.500 e. The summed E-state index contributed by atoms with van der Waals surface area (Å²) in [6.45, 7) is 21.0. The fourth-order valence-corrected chi connectivity index (χ4v) is 8.11. The summed E-state index contributed by atoms with van der Waals surface area (Å²) < 4.78 is 20.8. The maximum atomic E-state index is 6.04. The minimum absolute atomic E-state index is 0.275. The van der Waals surface area contributed by atoms with Crippen molar-refractivity contribution in [1.82, 2.24) is 0 Å². The Morgan fingerprint density at radius 3 is 1.74 bits per heavy atom. The highest BCUT2D eigenvalue weighted by molar-refractivity contribution is 6.83. The van der Waals surface area contributed by atoms with Gasteiger partial charge in [0.2, 0.25) is 0 Å². The van der Waals surface area contributed by atoms with Gasteiger partial charge in [0.1, 0.15) is 0 Å². The summed E-state index contributed by atoms with van der Waals surface area (Å²) in [5, 5.41) is 0.275. The maximum Gasteiger partial charge on any atom is 0.500 e. The molecule has 0 aliphatic rings. The lowest BCUT2D eigenvalue weighted by atomic mass is 10.2. The highest BCUT2D eigenvalue weighted by Crippen LogP contribution is 2.40. The van der Waals surface area contributed by atoms with E-state index in [1.807, 2.05) is 20.8 Å². The molecular weight excluding hydrogens is 370 g/mol. The smallest absolute Gasteiger partial charge is 0.397 e. The van der Waals surface area contributed by atoms with E-state index in [0.717, 1.165) is 19.0 Å². The van der Waals surface area contributed by atoms with E-state index in [1.54, 1.807) is 0 Å². The van der Waals surface area contributed by atoms with Crippen molar-refractivity contribution in [2.45, 2.75) is 72.1 Å². The molecule has 0 fully saturated rings. The van der Waals surface area contributed by atoms with Crippen LogP contribution in [0.5, 0.6) is 0 Å². The van der Waals surface area contributed by atoms with Gasteiger partial charge in [-0.05, 0) is 44.4 Å². The summed E-state index contributed by atoms with van der Waals surface area (Å²) >= 11 is 0. The van der Waals surface area contributed by atoms with E-state index in [2.05, 4.69) is 68.8 Å². The third-order valence-electron chi connectivity index (χ3n) is 5.54. The Kier molecular flexibility index (Phi) is 9.71. The highest BCUT2D eigenvalue weighted by atomic mass is 28.4. The second kappa shape index (κ2) is 10.8. The van der Waals surface area contributed by atoms with E-state index in [1.165, 1.54) is 5.69 Å². The fraction of sp³-hybridized carbons (Fsp3) is 0.714. The minimum atomic E-state index is -2.58. The first kappa shape index (κ1) is 24.4. The van der Waals surface area contributed by atoms with Crippen LogP contribution in [0.15, 0.2) is 30.3 Å². The first-order chi connectivity index (χ1) is 12.6. The number of rotatable bonds is 12. The van der Waals surface area contributed by atoms with E-state index in [4.69, 9.17) is 13.3 Å². The van der Waals surface area contributed by atoms with Crippen LogP contribution in [0.25, 0.3) is 0 Å². The van der Waals surface area contributed by atoms with Gasteiger partial charge in [-0.2, -0.15) is 0 Å². The molecule has 0 bridgehead atoms. The first-order valence-corrected chi connectivity index (χ1v) is 15.3. The Morgan fingerprint density at radius 2 is 1.33 bits per heavy atom. The summed E-state index contributed by atoms with van der Waals surface area (Å²) in [5.41, 5.74) is 1.32. The summed E-state index contributed by atoms with van der Waals surface area (Å²) in [4.78, 5) is 0. The molecule has 0 aliphatic heterocycles. The third kappa shape index (κ3) is 6.71. The average Bonchev–Trinajstić information content (AvgIpc) is 2.59. The van der Waals surface area contributed by atoms with Crippen LogP contribution in [0.4, 0.5) is 5.69 Å². The third-order valence-corrected chi connectivity index (χ3v) is 14.2. The molecule has 0 unspecified atom stereocenters. The lowest BCUT2D eigenvalue weighted by Crippen LogP contribution is -2.56. The number of anilines is 1. The van der Waals surface area contributed by atoms with Crippen LogP contribution in [0, 0.1) is 0 Å². The van der Waals surface area contributed by atoms with Gasteiger partial charge in [-0.15, -0.1) is 0 Å². The monoisotopic (exact) mass is 411 g/mol. The number of para-hydroxylation sites is 1. The van der Waals surface area contributed by atoms with Gasteiger partial charge in [0, 0.05) is 38.1 Å². The average molecular weight is 412 g/mol. The lowest BCUT2D eigenvalue weighted by molar-refractivity contribution is 0.0710. The molecule has 1 rings (SSSR count). The minimum Gasteiger partial charge on any atom is -0.397 e. The van der Waals surface area contributed by atoms with Gasteiger partial charge in [-0.1, -0.05) is 52.1 Å². The van der Waals surface area contributed by atoms with Crippen LogP contribution in [0.3, 0.4) is 0 Å². The molecule has 4 nitrogen and oxygen atoms in total. The normalized spacial score (nSPS) is 13.0. The number of hydrogen-bond donors (Lipinski definition) is 0. The molecule has 0 aliphatic carbocycles. The van der Waals surface area contributed by atoms with E-state index < -0.39 is 17.0 Å². The summed E-state index contributed by atoms with van der Waals surface area (Å²) in [5.74, 6) is 0. The zero-order valence-corrected chi connectivity index (χ0v) is 20.8. The Balaban J connectivity index is 2.99. The van der Waals surface area contributed by atoms with Crippen LogP contribution in [0.1, 0.15) is 48.0 Å². The molecule has 0 N–H and O–H groups in total. The second-order valence-electron chi connectivity index (χ2n) is 8.38. The van der Waals surface area contributed by atoms with Crippen LogP contribution in [0.2, 0.25) is 24.2 Å². The highest BCUT2D eigenvalue weighted by Gasteiger charge is 2.43. The predicted molar refractivity (Wildman–Crippen MR) is 121 cm³/mol. The quantitative estimate of drug-likeness (QED) is 0.398. The molecule has 0 atom stereocenters.